The van der Waals surface area contributed by atoms with Crippen LogP contribution >= 0.6 is 23.2 Å². The van der Waals surface area contributed by atoms with Gasteiger partial charge in [0.25, 0.3) is 5.91 Å². The van der Waals surface area contributed by atoms with Crippen LogP contribution in [0.4, 0.5) is 5.69 Å². The second kappa shape index (κ2) is 5.35. The predicted molar refractivity (Wildman–Crippen MR) is 79.6 cm³/mol. The lowest BCUT2D eigenvalue weighted by molar-refractivity contribution is -0.120. The van der Waals surface area contributed by atoms with E-state index in [2.05, 4.69) is 0 Å². The first-order chi connectivity index (χ1) is 9.63. The van der Waals surface area contributed by atoms with Crippen LogP contribution < -0.4 is 9.64 Å². The number of amides is 1. The summed E-state index contributed by atoms with van der Waals surface area (Å²) in [5.41, 5.74) is 1.68. The molecule has 0 bridgehead atoms. The van der Waals surface area contributed by atoms with Gasteiger partial charge in [-0.05, 0) is 42.5 Å². The third-order valence-electron chi connectivity index (χ3n) is 3.14. The zero-order valence-corrected chi connectivity index (χ0v) is 12.0. The lowest BCUT2D eigenvalue weighted by Crippen LogP contribution is -2.32. The SMILES string of the molecule is O=C1COc2ccc(Cl)cc2CN1c1ccc(Cl)cc1. The van der Waals surface area contributed by atoms with Gasteiger partial charge in [0.2, 0.25) is 0 Å². The number of rotatable bonds is 1. The molecule has 0 saturated heterocycles. The van der Waals surface area contributed by atoms with Gasteiger partial charge in [0.1, 0.15) is 5.75 Å². The lowest BCUT2D eigenvalue weighted by Gasteiger charge is -2.20. The van der Waals surface area contributed by atoms with Crippen molar-refractivity contribution in [3.8, 4) is 5.75 Å². The number of halogens is 2. The average molecular weight is 308 g/mol. The van der Waals surface area contributed by atoms with E-state index >= 15 is 0 Å². The topological polar surface area (TPSA) is 29.5 Å². The third-order valence-corrected chi connectivity index (χ3v) is 3.63. The first kappa shape index (κ1) is 13.3. The van der Waals surface area contributed by atoms with Crippen molar-refractivity contribution in [3.63, 3.8) is 0 Å². The van der Waals surface area contributed by atoms with Crippen molar-refractivity contribution in [2.75, 3.05) is 11.5 Å². The van der Waals surface area contributed by atoms with E-state index in [9.17, 15) is 4.79 Å². The minimum absolute atomic E-state index is 0.0112. The molecule has 0 fully saturated rings. The Hall–Kier alpha value is -1.71. The van der Waals surface area contributed by atoms with Gasteiger partial charge in [-0.1, -0.05) is 23.2 Å². The van der Waals surface area contributed by atoms with E-state index in [4.69, 9.17) is 27.9 Å². The Morgan fingerprint density at radius 1 is 1.00 bits per heavy atom. The molecule has 0 N–H and O–H groups in total. The zero-order valence-electron chi connectivity index (χ0n) is 10.5. The second-order valence-corrected chi connectivity index (χ2v) is 5.37. The summed E-state index contributed by atoms with van der Waals surface area (Å²) in [4.78, 5) is 13.9. The lowest BCUT2D eigenvalue weighted by atomic mass is 10.2. The van der Waals surface area contributed by atoms with E-state index in [-0.39, 0.29) is 12.5 Å². The van der Waals surface area contributed by atoms with Crippen LogP contribution in [0.3, 0.4) is 0 Å². The number of anilines is 1. The average Bonchev–Trinajstić information content (AvgIpc) is 2.59. The Kier molecular flexibility index (Phi) is 3.55. The first-order valence-electron chi connectivity index (χ1n) is 6.10. The highest BCUT2D eigenvalue weighted by molar-refractivity contribution is 6.31. The van der Waals surface area contributed by atoms with Gasteiger partial charge in [-0.25, -0.2) is 0 Å². The quantitative estimate of drug-likeness (QED) is 0.799. The van der Waals surface area contributed by atoms with Crippen LogP contribution in [-0.2, 0) is 11.3 Å². The number of hydrogen-bond donors (Lipinski definition) is 0. The van der Waals surface area contributed by atoms with Gasteiger partial charge >= 0.3 is 0 Å². The third kappa shape index (κ3) is 2.60. The number of ether oxygens (including phenoxy) is 1. The number of carbonyl (C=O) groups excluding carboxylic acids is 1. The van der Waals surface area contributed by atoms with E-state index in [0.29, 0.717) is 22.3 Å². The second-order valence-electron chi connectivity index (χ2n) is 4.50. The molecule has 3 nitrogen and oxygen atoms in total. The van der Waals surface area contributed by atoms with E-state index < -0.39 is 0 Å². The molecule has 5 heteroatoms. The number of fused-ring (bicyclic) bond motifs is 1. The van der Waals surface area contributed by atoms with Crippen LogP contribution in [0.1, 0.15) is 5.56 Å². The van der Waals surface area contributed by atoms with Crippen LogP contribution in [0, 0.1) is 0 Å². The maximum absolute atomic E-state index is 12.2. The molecule has 20 heavy (non-hydrogen) atoms. The van der Waals surface area contributed by atoms with Crippen molar-refractivity contribution in [3.05, 3.63) is 58.1 Å². The van der Waals surface area contributed by atoms with Crippen molar-refractivity contribution >= 4 is 34.8 Å². The van der Waals surface area contributed by atoms with Gasteiger partial charge in [-0.15, -0.1) is 0 Å². The summed E-state index contributed by atoms with van der Waals surface area (Å²) in [5.74, 6) is 0.596. The first-order valence-corrected chi connectivity index (χ1v) is 6.86. The summed E-state index contributed by atoms with van der Waals surface area (Å²) >= 11 is 11.9. The molecule has 0 aliphatic carbocycles. The Labute approximate surface area is 126 Å². The summed E-state index contributed by atoms with van der Waals surface area (Å²) in [6.07, 6.45) is 0. The van der Waals surface area contributed by atoms with Crippen LogP contribution in [-0.4, -0.2) is 12.5 Å². The van der Waals surface area contributed by atoms with Crippen molar-refractivity contribution in [1.82, 2.24) is 0 Å². The molecular formula is C15H11Cl2NO2. The van der Waals surface area contributed by atoms with Crippen molar-refractivity contribution in [2.24, 2.45) is 0 Å². The number of nitrogens with zero attached hydrogens (tertiary/aromatic N) is 1. The van der Waals surface area contributed by atoms with Gasteiger partial charge < -0.3 is 9.64 Å². The normalized spacial score (nSPS) is 14.5. The predicted octanol–water partition coefficient (Wildman–Crippen LogP) is 3.92. The van der Waals surface area contributed by atoms with Crippen molar-refractivity contribution in [1.29, 1.82) is 0 Å². The van der Waals surface area contributed by atoms with Crippen LogP contribution in [0.5, 0.6) is 5.75 Å². The summed E-state index contributed by atoms with van der Waals surface area (Å²) in [7, 11) is 0. The molecular weight excluding hydrogens is 297 g/mol. The molecule has 0 saturated carbocycles. The maximum Gasteiger partial charge on any atom is 0.265 e. The molecule has 0 radical (unpaired) electrons. The van der Waals surface area contributed by atoms with Crippen LogP contribution in [0.25, 0.3) is 0 Å². The molecule has 1 heterocycles. The number of hydrogen-bond acceptors (Lipinski definition) is 2. The Bertz CT molecular complexity index is 655. The number of benzene rings is 2. The minimum Gasteiger partial charge on any atom is -0.483 e. The zero-order chi connectivity index (χ0) is 14.1. The largest absolute Gasteiger partial charge is 0.483 e. The fraction of sp³-hybridized carbons (Fsp3) is 0.133. The van der Waals surface area contributed by atoms with Crippen LogP contribution in [0.15, 0.2) is 42.5 Å². The summed E-state index contributed by atoms with van der Waals surface area (Å²) in [5, 5.41) is 1.26. The highest BCUT2D eigenvalue weighted by Gasteiger charge is 2.22. The minimum atomic E-state index is -0.0976. The molecule has 2 aromatic carbocycles. The van der Waals surface area contributed by atoms with Gasteiger partial charge in [0, 0.05) is 21.3 Å². The molecule has 1 amide bonds. The summed E-state index contributed by atoms with van der Waals surface area (Å²) in [6, 6.07) is 12.5. The Balaban J connectivity index is 1.98. The van der Waals surface area contributed by atoms with Gasteiger partial charge in [-0.2, -0.15) is 0 Å². The number of carbonyl (C=O) groups is 1. The molecule has 2 aromatic rings. The molecule has 0 aromatic heterocycles. The Morgan fingerprint density at radius 3 is 2.45 bits per heavy atom. The summed E-state index contributed by atoms with van der Waals surface area (Å²) < 4.78 is 5.52. The van der Waals surface area contributed by atoms with Crippen molar-refractivity contribution < 1.29 is 9.53 Å². The molecule has 1 aliphatic heterocycles. The van der Waals surface area contributed by atoms with E-state index in [0.717, 1.165) is 11.3 Å². The fourth-order valence-corrected chi connectivity index (χ4v) is 2.47. The molecule has 3 rings (SSSR count). The molecule has 102 valence electrons. The smallest absolute Gasteiger partial charge is 0.265 e. The monoisotopic (exact) mass is 307 g/mol. The van der Waals surface area contributed by atoms with E-state index in [1.807, 2.05) is 18.2 Å². The molecule has 0 atom stereocenters. The summed E-state index contributed by atoms with van der Waals surface area (Å²) in [6.45, 7) is 0.438. The van der Waals surface area contributed by atoms with Crippen LogP contribution in [0.2, 0.25) is 10.0 Å². The van der Waals surface area contributed by atoms with Gasteiger partial charge in [0.15, 0.2) is 6.61 Å². The van der Waals surface area contributed by atoms with E-state index in [1.54, 1.807) is 29.2 Å². The van der Waals surface area contributed by atoms with Gasteiger partial charge in [-0.3, -0.25) is 4.79 Å². The maximum atomic E-state index is 12.2. The highest BCUT2D eigenvalue weighted by atomic mass is 35.5. The van der Waals surface area contributed by atoms with Crippen molar-refractivity contribution in [2.45, 2.75) is 6.54 Å². The standard InChI is InChI=1S/C15H11Cl2NO2/c16-11-1-4-13(5-2-11)18-8-10-7-12(17)3-6-14(10)20-9-15(18)19/h1-7H,8-9H2. The van der Waals surface area contributed by atoms with E-state index in [1.165, 1.54) is 0 Å². The molecule has 0 spiro atoms. The fourth-order valence-electron chi connectivity index (χ4n) is 2.14. The molecule has 0 unspecified atom stereocenters. The Morgan fingerprint density at radius 2 is 1.70 bits per heavy atom. The highest BCUT2D eigenvalue weighted by Crippen LogP contribution is 2.29. The molecule has 1 aliphatic rings. The van der Waals surface area contributed by atoms with Gasteiger partial charge in [0.05, 0.1) is 6.54 Å².